The number of fused-ring (bicyclic) bond motifs is 1. The van der Waals surface area contributed by atoms with E-state index in [-0.39, 0.29) is 45.0 Å². The molecule has 0 amide bonds. The molecule has 1 fully saturated rings. The molecule has 0 aromatic carbocycles. The molecular formula is C21H20F3N7O2S. The highest BCUT2D eigenvalue weighted by atomic mass is 32.2. The van der Waals surface area contributed by atoms with Gasteiger partial charge in [-0.15, -0.1) is 0 Å². The van der Waals surface area contributed by atoms with Crippen LogP contribution < -0.4 is 0 Å². The predicted octanol–water partition coefficient (Wildman–Crippen LogP) is 4.58. The number of hydrogen-bond acceptors (Lipinski definition) is 8. The van der Waals surface area contributed by atoms with Gasteiger partial charge in [-0.25, -0.2) is 32.1 Å². The molecule has 178 valence electrons. The number of nitrogens with zero attached hydrogens (tertiary/aromatic N) is 6. The fourth-order valence-electron chi connectivity index (χ4n) is 3.52. The molecule has 4 aromatic rings. The molecule has 9 nitrogen and oxygen atoms in total. The highest BCUT2D eigenvalue weighted by molar-refractivity contribution is 7.92. The topological polar surface area (TPSA) is 123 Å². The lowest BCUT2D eigenvalue weighted by atomic mass is 10.2. The van der Waals surface area contributed by atoms with Crippen molar-refractivity contribution in [2.45, 2.75) is 43.2 Å². The maximum atomic E-state index is 14.3. The Hall–Kier alpha value is -3.35. The molecule has 1 saturated carbocycles. The van der Waals surface area contributed by atoms with E-state index in [2.05, 4.69) is 25.1 Å². The molecule has 5 rings (SSSR count). The van der Waals surface area contributed by atoms with Gasteiger partial charge in [0.1, 0.15) is 11.2 Å². The van der Waals surface area contributed by atoms with Gasteiger partial charge in [-0.05, 0) is 25.0 Å². The van der Waals surface area contributed by atoms with E-state index >= 15 is 0 Å². The summed E-state index contributed by atoms with van der Waals surface area (Å²) in [5.74, 6) is -2.95. The van der Waals surface area contributed by atoms with Crippen LogP contribution in [-0.2, 0) is 28.4 Å². The average molecular weight is 491 g/mol. The fraction of sp³-hybridized carbons (Fsp3) is 0.381. The van der Waals surface area contributed by atoms with Crippen molar-refractivity contribution >= 4 is 20.9 Å². The lowest BCUT2D eigenvalue weighted by Gasteiger charge is -2.11. The van der Waals surface area contributed by atoms with Gasteiger partial charge in [-0.1, -0.05) is 12.1 Å². The third kappa shape index (κ3) is 3.63. The minimum absolute atomic E-state index is 0.00931. The van der Waals surface area contributed by atoms with E-state index in [0.29, 0.717) is 24.1 Å². The van der Waals surface area contributed by atoms with E-state index in [4.69, 9.17) is 9.30 Å². The van der Waals surface area contributed by atoms with Crippen molar-refractivity contribution in [1.29, 1.82) is 4.78 Å². The highest BCUT2D eigenvalue weighted by Crippen LogP contribution is 2.49. The molecule has 0 bridgehead atoms. The van der Waals surface area contributed by atoms with E-state index in [0.717, 1.165) is 13.1 Å². The summed E-state index contributed by atoms with van der Waals surface area (Å²) in [7, 11) is -1.69. The van der Waals surface area contributed by atoms with Crippen LogP contribution in [-0.4, -0.2) is 39.6 Å². The maximum Gasteiger partial charge on any atom is 0.272 e. The number of halogens is 3. The minimum atomic E-state index is -3.32. The van der Waals surface area contributed by atoms with E-state index in [1.807, 2.05) is 0 Å². The number of alkyl halides is 3. The zero-order valence-electron chi connectivity index (χ0n) is 18.5. The molecule has 1 unspecified atom stereocenters. The van der Waals surface area contributed by atoms with Gasteiger partial charge >= 0.3 is 0 Å². The predicted molar refractivity (Wildman–Crippen MR) is 116 cm³/mol. The molecule has 1 N–H and O–H groups in total. The number of hydrogen-bond donors (Lipinski definition) is 1. The Bertz CT molecular complexity index is 1540. The van der Waals surface area contributed by atoms with E-state index < -0.39 is 21.3 Å². The Kier molecular flexibility index (Phi) is 4.83. The van der Waals surface area contributed by atoms with Gasteiger partial charge in [0.15, 0.2) is 17.1 Å². The van der Waals surface area contributed by atoms with Gasteiger partial charge in [0.25, 0.3) is 11.8 Å². The molecular weight excluding hydrogens is 471 g/mol. The number of rotatable bonds is 6. The van der Waals surface area contributed by atoms with Gasteiger partial charge in [-0.3, -0.25) is 4.98 Å². The minimum Gasteiger partial charge on any atom is -0.335 e. The molecule has 0 spiro atoms. The smallest absolute Gasteiger partial charge is 0.272 e. The van der Waals surface area contributed by atoms with Crippen molar-refractivity contribution < 1.29 is 21.9 Å². The number of aryl methyl sites for hydroxylation is 1. The van der Waals surface area contributed by atoms with Crippen LogP contribution in [0.2, 0.25) is 0 Å². The SMILES string of the molecule is CCS(=N)(=O)c1cc(-c2noc(C3(F)CC3)n2)cnc1-c1nc2cc(C(C)(F)F)cnc2n1C. The van der Waals surface area contributed by atoms with Crippen molar-refractivity contribution in [2.75, 3.05) is 5.75 Å². The van der Waals surface area contributed by atoms with Crippen LogP contribution in [0.3, 0.4) is 0 Å². The molecule has 34 heavy (non-hydrogen) atoms. The lowest BCUT2D eigenvalue weighted by molar-refractivity contribution is 0.0172. The second-order valence-corrected chi connectivity index (χ2v) is 10.7. The van der Waals surface area contributed by atoms with Gasteiger partial charge in [0.05, 0.1) is 14.6 Å². The van der Waals surface area contributed by atoms with Gasteiger partial charge < -0.3 is 9.09 Å². The first kappa shape index (κ1) is 22.4. The lowest BCUT2D eigenvalue weighted by Crippen LogP contribution is -2.08. The largest absolute Gasteiger partial charge is 0.335 e. The van der Waals surface area contributed by atoms with Crippen LogP contribution in [0, 0.1) is 4.78 Å². The Morgan fingerprint density at radius 1 is 1.24 bits per heavy atom. The van der Waals surface area contributed by atoms with E-state index in [1.165, 1.54) is 22.9 Å². The van der Waals surface area contributed by atoms with Crippen LogP contribution in [0.4, 0.5) is 13.2 Å². The first-order valence-electron chi connectivity index (χ1n) is 10.4. The summed E-state index contributed by atoms with van der Waals surface area (Å²) in [6.45, 7) is 2.37. The zero-order valence-corrected chi connectivity index (χ0v) is 19.3. The van der Waals surface area contributed by atoms with Crippen LogP contribution in [0.25, 0.3) is 34.1 Å². The van der Waals surface area contributed by atoms with Gasteiger partial charge in [0.2, 0.25) is 5.82 Å². The third-order valence-corrected chi connectivity index (χ3v) is 7.63. The van der Waals surface area contributed by atoms with Crippen molar-refractivity contribution in [3.8, 4) is 22.9 Å². The first-order chi connectivity index (χ1) is 15.9. The Morgan fingerprint density at radius 2 is 1.97 bits per heavy atom. The Morgan fingerprint density at radius 3 is 2.62 bits per heavy atom. The number of imidazole rings is 1. The summed E-state index contributed by atoms with van der Waals surface area (Å²) in [6, 6.07) is 2.69. The molecule has 0 saturated heterocycles. The van der Waals surface area contributed by atoms with Crippen LogP contribution in [0.15, 0.2) is 33.9 Å². The Labute approximate surface area is 192 Å². The van der Waals surface area contributed by atoms with Crippen molar-refractivity contribution in [2.24, 2.45) is 7.05 Å². The summed E-state index contributed by atoms with van der Waals surface area (Å²) in [4.78, 5) is 17.1. The normalized spacial score (nSPS) is 17.1. The molecule has 1 atom stereocenters. The molecule has 0 radical (unpaired) electrons. The Balaban J connectivity index is 1.66. The molecule has 4 aromatic heterocycles. The summed E-state index contributed by atoms with van der Waals surface area (Å²) >= 11 is 0. The summed E-state index contributed by atoms with van der Waals surface area (Å²) in [5, 5.41) is 3.81. The molecule has 1 aliphatic carbocycles. The molecule has 13 heteroatoms. The van der Waals surface area contributed by atoms with Crippen molar-refractivity contribution in [1.82, 2.24) is 29.7 Å². The first-order valence-corrected chi connectivity index (χ1v) is 12.2. The van der Waals surface area contributed by atoms with Gasteiger partial charge in [0, 0.05) is 43.2 Å². The second-order valence-electron chi connectivity index (χ2n) is 8.37. The summed E-state index contributed by atoms with van der Waals surface area (Å²) in [6.07, 6.45) is 3.07. The monoisotopic (exact) mass is 491 g/mol. The van der Waals surface area contributed by atoms with Crippen molar-refractivity contribution in [3.05, 3.63) is 36.0 Å². The number of nitrogens with one attached hydrogen (secondary N) is 1. The average Bonchev–Trinajstić information content (AvgIpc) is 3.22. The van der Waals surface area contributed by atoms with Crippen LogP contribution in [0.1, 0.15) is 38.1 Å². The fourth-order valence-corrected chi connectivity index (χ4v) is 4.60. The van der Waals surface area contributed by atoms with E-state index in [1.54, 1.807) is 14.0 Å². The maximum absolute atomic E-state index is 14.3. The van der Waals surface area contributed by atoms with Gasteiger partial charge in [-0.2, -0.15) is 4.98 Å². The summed E-state index contributed by atoms with van der Waals surface area (Å²) < 4.78 is 70.0. The van der Waals surface area contributed by atoms with Crippen molar-refractivity contribution in [3.63, 3.8) is 0 Å². The van der Waals surface area contributed by atoms with E-state index in [9.17, 15) is 17.4 Å². The number of aromatic nitrogens is 6. The highest BCUT2D eigenvalue weighted by Gasteiger charge is 2.50. The standard InChI is InChI=1S/C21H20F3N7O2S/c1-4-34(25,32)14-7-11(16-29-19(33-30-16)21(24)5-6-21)9-26-15(14)18-28-13-8-12(20(2,22)23)10-27-17(13)31(18)3/h7-10,25H,4-6H2,1-3H3. The molecule has 4 heterocycles. The molecule has 1 aliphatic rings. The quantitative estimate of drug-likeness (QED) is 0.419. The van der Waals surface area contributed by atoms with Crippen LogP contribution in [0.5, 0.6) is 0 Å². The summed E-state index contributed by atoms with van der Waals surface area (Å²) in [5.41, 5.74) is -0.919. The zero-order chi connectivity index (χ0) is 24.5. The second kappa shape index (κ2) is 7.32. The third-order valence-electron chi connectivity index (χ3n) is 5.80. The number of pyridine rings is 2. The molecule has 0 aliphatic heterocycles. The van der Waals surface area contributed by atoms with Crippen LogP contribution >= 0.6 is 0 Å².